The Kier molecular flexibility index (Phi) is 2.84. The van der Waals surface area contributed by atoms with Crippen molar-refractivity contribution in [3.05, 3.63) is 32.6 Å². The Labute approximate surface area is 96.1 Å². The molecule has 3 N–H and O–H groups in total. The van der Waals surface area contributed by atoms with Crippen molar-refractivity contribution in [2.45, 2.75) is 25.4 Å². The summed E-state index contributed by atoms with van der Waals surface area (Å²) in [5.74, 6) is -0.929. The van der Waals surface area contributed by atoms with Gasteiger partial charge in [-0.25, -0.2) is 4.79 Å². The van der Waals surface area contributed by atoms with Crippen molar-refractivity contribution in [1.29, 1.82) is 0 Å². The third-order valence-corrected chi connectivity index (χ3v) is 2.95. The summed E-state index contributed by atoms with van der Waals surface area (Å²) in [7, 11) is 0. The summed E-state index contributed by atoms with van der Waals surface area (Å²) in [5, 5.41) is 11.7. The molecule has 1 unspecified atom stereocenters. The van der Waals surface area contributed by atoms with Crippen molar-refractivity contribution < 1.29 is 9.90 Å². The smallest absolute Gasteiger partial charge is 0.328 e. The molecule has 7 nitrogen and oxygen atoms in total. The highest BCUT2D eigenvalue weighted by molar-refractivity contribution is 5.73. The SMILES string of the molecule is Cc1cn(C2CN[C@H](C(=O)O)C2)c(=O)[nH]c1=O. The van der Waals surface area contributed by atoms with Crippen molar-refractivity contribution in [3.63, 3.8) is 0 Å². The third kappa shape index (κ3) is 2.14. The zero-order valence-corrected chi connectivity index (χ0v) is 9.27. The number of hydrogen-bond acceptors (Lipinski definition) is 4. The number of aromatic nitrogens is 2. The minimum absolute atomic E-state index is 0.237. The lowest BCUT2D eigenvalue weighted by molar-refractivity contribution is -0.139. The zero-order chi connectivity index (χ0) is 12.6. The maximum Gasteiger partial charge on any atom is 0.328 e. The van der Waals surface area contributed by atoms with E-state index in [1.807, 2.05) is 0 Å². The van der Waals surface area contributed by atoms with Gasteiger partial charge in [-0.15, -0.1) is 0 Å². The van der Waals surface area contributed by atoms with Gasteiger partial charge in [-0.05, 0) is 13.3 Å². The molecule has 0 spiro atoms. The molecule has 7 heteroatoms. The Morgan fingerprint density at radius 1 is 1.53 bits per heavy atom. The second-order valence-corrected chi connectivity index (χ2v) is 4.17. The first-order valence-electron chi connectivity index (χ1n) is 5.27. The minimum Gasteiger partial charge on any atom is -0.480 e. The number of carbonyl (C=O) groups is 1. The fourth-order valence-corrected chi connectivity index (χ4v) is 1.97. The van der Waals surface area contributed by atoms with Gasteiger partial charge in [0, 0.05) is 18.3 Å². The number of rotatable bonds is 2. The van der Waals surface area contributed by atoms with Crippen molar-refractivity contribution in [2.24, 2.45) is 0 Å². The van der Waals surface area contributed by atoms with E-state index >= 15 is 0 Å². The molecule has 1 aliphatic rings. The molecule has 92 valence electrons. The highest BCUT2D eigenvalue weighted by atomic mass is 16.4. The average molecular weight is 239 g/mol. The first kappa shape index (κ1) is 11.6. The highest BCUT2D eigenvalue weighted by Gasteiger charge is 2.30. The molecular weight excluding hydrogens is 226 g/mol. The number of hydrogen-bond donors (Lipinski definition) is 3. The monoisotopic (exact) mass is 239 g/mol. The van der Waals surface area contributed by atoms with Gasteiger partial charge < -0.3 is 10.4 Å². The quantitative estimate of drug-likeness (QED) is 0.603. The number of aromatic amines is 1. The van der Waals surface area contributed by atoms with Crippen LogP contribution in [-0.2, 0) is 4.79 Å². The Hall–Kier alpha value is -1.89. The summed E-state index contributed by atoms with van der Waals surface area (Å²) in [6.07, 6.45) is 1.80. The summed E-state index contributed by atoms with van der Waals surface area (Å²) < 4.78 is 1.38. The van der Waals surface area contributed by atoms with E-state index in [-0.39, 0.29) is 6.04 Å². The minimum atomic E-state index is -0.929. The fraction of sp³-hybridized carbons (Fsp3) is 0.500. The van der Waals surface area contributed by atoms with Crippen molar-refractivity contribution in [2.75, 3.05) is 6.54 Å². The van der Waals surface area contributed by atoms with Crippen molar-refractivity contribution >= 4 is 5.97 Å². The molecule has 2 heterocycles. The zero-order valence-electron chi connectivity index (χ0n) is 9.27. The van der Waals surface area contributed by atoms with Crippen molar-refractivity contribution in [1.82, 2.24) is 14.9 Å². The van der Waals surface area contributed by atoms with E-state index in [0.717, 1.165) is 0 Å². The predicted molar refractivity (Wildman–Crippen MR) is 59.1 cm³/mol. The predicted octanol–water partition coefficient (Wildman–Crippen LogP) is -1.17. The van der Waals surface area contributed by atoms with E-state index < -0.39 is 23.3 Å². The number of aliphatic carboxylic acids is 1. The summed E-state index contributed by atoms with van der Waals surface area (Å²) in [6.45, 7) is 2.01. The van der Waals surface area contributed by atoms with Crippen LogP contribution in [0.2, 0.25) is 0 Å². The number of nitrogens with zero attached hydrogens (tertiary/aromatic N) is 1. The van der Waals surface area contributed by atoms with Crippen LogP contribution in [0.25, 0.3) is 0 Å². The molecule has 1 aliphatic heterocycles. The van der Waals surface area contributed by atoms with Gasteiger partial charge in [-0.2, -0.15) is 0 Å². The molecular formula is C10H13N3O4. The summed E-state index contributed by atoms with van der Waals surface area (Å²) >= 11 is 0. The maximum atomic E-state index is 11.6. The Morgan fingerprint density at radius 2 is 2.24 bits per heavy atom. The summed E-state index contributed by atoms with van der Waals surface area (Å²) in [4.78, 5) is 35.8. The molecule has 1 fully saturated rings. The van der Waals surface area contributed by atoms with Gasteiger partial charge in [-0.1, -0.05) is 0 Å². The molecule has 1 saturated heterocycles. The largest absolute Gasteiger partial charge is 0.480 e. The maximum absolute atomic E-state index is 11.6. The molecule has 17 heavy (non-hydrogen) atoms. The number of aryl methyl sites for hydroxylation is 1. The fourth-order valence-electron chi connectivity index (χ4n) is 1.97. The van der Waals surface area contributed by atoms with Gasteiger partial charge in [0.2, 0.25) is 0 Å². The van der Waals surface area contributed by atoms with Crippen LogP contribution in [0.5, 0.6) is 0 Å². The molecule has 0 bridgehead atoms. The Morgan fingerprint density at radius 3 is 2.82 bits per heavy atom. The van der Waals surface area contributed by atoms with E-state index in [1.54, 1.807) is 6.92 Å². The van der Waals surface area contributed by atoms with Gasteiger partial charge in [0.05, 0.1) is 6.04 Å². The van der Waals surface area contributed by atoms with E-state index in [2.05, 4.69) is 10.3 Å². The lowest BCUT2D eigenvalue weighted by Gasteiger charge is -2.12. The average Bonchev–Trinajstić information content (AvgIpc) is 2.72. The molecule has 1 aromatic heterocycles. The molecule has 0 aliphatic carbocycles. The van der Waals surface area contributed by atoms with Gasteiger partial charge in [0.1, 0.15) is 6.04 Å². The summed E-state index contributed by atoms with van der Waals surface area (Å²) in [5.41, 5.74) is -0.478. The van der Waals surface area contributed by atoms with Crippen LogP contribution in [0.3, 0.4) is 0 Å². The lowest BCUT2D eigenvalue weighted by Crippen LogP contribution is -2.33. The highest BCUT2D eigenvalue weighted by Crippen LogP contribution is 2.17. The van der Waals surface area contributed by atoms with Gasteiger partial charge in [-0.3, -0.25) is 19.1 Å². The standard InChI is InChI=1S/C10H13N3O4/c1-5-4-13(10(17)12-8(5)14)6-2-7(9(15)16)11-3-6/h4,6-7,11H,2-3H2,1H3,(H,15,16)(H,12,14,17)/t6?,7-/m0/s1. The Balaban J connectivity index is 2.31. The second-order valence-electron chi connectivity index (χ2n) is 4.17. The number of carboxylic acid groups (broad SMARTS) is 1. The molecule has 1 aromatic rings. The van der Waals surface area contributed by atoms with Crippen LogP contribution in [0.4, 0.5) is 0 Å². The number of H-pyrrole nitrogens is 1. The van der Waals surface area contributed by atoms with Gasteiger partial charge >= 0.3 is 11.7 Å². The number of carboxylic acids is 1. The molecule has 0 saturated carbocycles. The first-order chi connectivity index (χ1) is 7.99. The normalized spacial score (nSPS) is 23.8. The molecule has 0 amide bonds. The van der Waals surface area contributed by atoms with Crippen LogP contribution in [0, 0.1) is 6.92 Å². The van der Waals surface area contributed by atoms with Gasteiger partial charge in [0.15, 0.2) is 0 Å². The van der Waals surface area contributed by atoms with Crippen LogP contribution < -0.4 is 16.6 Å². The van der Waals surface area contributed by atoms with Crippen LogP contribution in [-0.4, -0.2) is 33.2 Å². The second kappa shape index (κ2) is 4.17. The summed E-state index contributed by atoms with van der Waals surface area (Å²) in [6, 6.07) is -0.877. The van der Waals surface area contributed by atoms with Gasteiger partial charge in [0.25, 0.3) is 5.56 Å². The first-order valence-corrected chi connectivity index (χ1v) is 5.27. The van der Waals surface area contributed by atoms with E-state index in [4.69, 9.17) is 5.11 Å². The lowest BCUT2D eigenvalue weighted by atomic mass is 10.1. The van der Waals surface area contributed by atoms with E-state index in [9.17, 15) is 14.4 Å². The molecule has 2 atom stereocenters. The van der Waals surface area contributed by atoms with E-state index in [0.29, 0.717) is 18.5 Å². The Bertz CT molecular complexity index is 559. The third-order valence-electron chi connectivity index (χ3n) is 2.95. The molecule has 0 aromatic carbocycles. The number of nitrogens with one attached hydrogen (secondary N) is 2. The van der Waals surface area contributed by atoms with Crippen molar-refractivity contribution in [3.8, 4) is 0 Å². The van der Waals surface area contributed by atoms with Crippen LogP contribution in [0.15, 0.2) is 15.8 Å². The van der Waals surface area contributed by atoms with E-state index in [1.165, 1.54) is 10.8 Å². The van der Waals surface area contributed by atoms with Crippen LogP contribution >= 0.6 is 0 Å². The molecule has 0 radical (unpaired) electrons. The molecule has 2 rings (SSSR count). The topological polar surface area (TPSA) is 104 Å². The van der Waals surface area contributed by atoms with Crippen LogP contribution in [0.1, 0.15) is 18.0 Å².